The Morgan fingerprint density at radius 3 is 3.31 bits per heavy atom. The van der Waals surface area contributed by atoms with E-state index in [-0.39, 0.29) is 0 Å². The van der Waals surface area contributed by atoms with Crippen molar-refractivity contribution in [1.29, 1.82) is 0 Å². The summed E-state index contributed by atoms with van der Waals surface area (Å²) in [6.07, 6.45) is 8.14. The van der Waals surface area contributed by atoms with Crippen molar-refractivity contribution in [2.24, 2.45) is 5.11 Å². The van der Waals surface area contributed by atoms with Crippen LogP contribution in [0.3, 0.4) is 0 Å². The number of hydrogen-bond acceptors (Lipinski definition) is 3. The van der Waals surface area contributed by atoms with Crippen LogP contribution >= 0.6 is 0 Å². The third kappa shape index (κ3) is 2.37. The topological polar surface area (TPSA) is 90.3 Å². The number of azide groups is 1. The Morgan fingerprint density at radius 2 is 2.44 bits per heavy atom. The Kier molecular flexibility index (Phi) is 3.15. The van der Waals surface area contributed by atoms with Gasteiger partial charge in [0.05, 0.1) is 6.20 Å². The van der Waals surface area contributed by atoms with Gasteiger partial charge in [-0.15, -0.1) is 0 Å². The van der Waals surface area contributed by atoms with Crippen molar-refractivity contribution in [3.63, 3.8) is 0 Å². The first kappa shape index (κ1) is 10.2. The van der Waals surface area contributed by atoms with Crippen molar-refractivity contribution >= 4 is 17.1 Å². The van der Waals surface area contributed by atoms with E-state index >= 15 is 0 Å². The largest absolute Gasteiger partial charge is 0.261 e. The summed E-state index contributed by atoms with van der Waals surface area (Å²) in [5.41, 5.74) is 9.88. The van der Waals surface area contributed by atoms with Crippen LogP contribution in [0.2, 0.25) is 0 Å². The van der Waals surface area contributed by atoms with E-state index < -0.39 is 0 Å². The van der Waals surface area contributed by atoms with Gasteiger partial charge in [0.1, 0.15) is 0 Å². The maximum Gasteiger partial charge on any atom is 0.155 e. The van der Waals surface area contributed by atoms with Gasteiger partial charge >= 0.3 is 0 Å². The number of hydrogen-bond donors (Lipinski definition) is 1. The second-order valence-corrected chi connectivity index (χ2v) is 3.22. The van der Waals surface area contributed by atoms with Crippen LogP contribution in [-0.2, 0) is 0 Å². The number of aromatic nitrogens is 3. The van der Waals surface area contributed by atoms with E-state index in [2.05, 4.69) is 25.2 Å². The lowest BCUT2D eigenvalue weighted by atomic mass is 10.2. The SMILES string of the molecule is [N-]=[N+]=NCCC=Cc1cnc2[nH]ncc2c1. The van der Waals surface area contributed by atoms with Gasteiger partial charge in [-0.25, -0.2) is 4.98 Å². The molecule has 0 aliphatic carbocycles. The van der Waals surface area contributed by atoms with E-state index in [1.807, 2.05) is 18.2 Å². The molecule has 0 radical (unpaired) electrons. The van der Waals surface area contributed by atoms with E-state index in [0.29, 0.717) is 6.54 Å². The number of fused-ring (bicyclic) bond motifs is 1. The lowest BCUT2D eigenvalue weighted by Crippen LogP contribution is -1.79. The number of nitrogens with one attached hydrogen (secondary N) is 1. The van der Waals surface area contributed by atoms with Crippen molar-refractivity contribution in [2.45, 2.75) is 6.42 Å². The first-order chi connectivity index (χ1) is 7.90. The van der Waals surface area contributed by atoms with Crippen LogP contribution in [-0.4, -0.2) is 21.7 Å². The molecular weight excluding hydrogens is 204 g/mol. The third-order valence-corrected chi connectivity index (χ3v) is 2.08. The predicted molar refractivity (Wildman–Crippen MR) is 61.6 cm³/mol. The van der Waals surface area contributed by atoms with Crippen LogP contribution in [0.5, 0.6) is 0 Å². The molecule has 0 saturated carbocycles. The Balaban J connectivity index is 2.05. The molecule has 0 bridgehead atoms. The first-order valence-corrected chi connectivity index (χ1v) is 4.86. The number of pyridine rings is 1. The van der Waals surface area contributed by atoms with E-state index in [9.17, 15) is 0 Å². The minimum absolute atomic E-state index is 0.481. The number of rotatable bonds is 4. The van der Waals surface area contributed by atoms with Gasteiger partial charge in [-0.05, 0) is 23.6 Å². The summed E-state index contributed by atoms with van der Waals surface area (Å²) in [5.74, 6) is 0. The smallest absolute Gasteiger partial charge is 0.155 e. The van der Waals surface area contributed by atoms with Crippen molar-refractivity contribution in [2.75, 3.05) is 6.54 Å². The monoisotopic (exact) mass is 214 g/mol. The number of aromatic amines is 1. The Bertz CT molecular complexity index is 549. The molecule has 0 aliphatic heterocycles. The van der Waals surface area contributed by atoms with Crippen LogP contribution in [0.1, 0.15) is 12.0 Å². The van der Waals surface area contributed by atoms with Crippen molar-refractivity contribution in [3.05, 3.63) is 40.5 Å². The van der Waals surface area contributed by atoms with Crippen molar-refractivity contribution in [1.82, 2.24) is 15.2 Å². The predicted octanol–water partition coefficient (Wildman–Crippen LogP) is 2.67. The molecule has 6 nitrogen and oxygen atoms in total. The van der Waals surface area contributed by atoms with Gasteiger partial charge in [0.2, 0.25) is 0 Å². The minimum Gasteiger partial charge on any atom is -0.261 e. The summed E-state index contributed by atoms with van der Waals surface area (Å²) >= 11 is 0. The lowest BCUT2D eigenvalue weighted by Gasteiger charge is -1.92. The highest BCUT2D eigenvalue weighted by Gasteiger charge is 1.95. The average Bonchev–Trinajstić information content (AvgIpc) is 2.76. The molecule has 6 heteroatoms. The fraction of sp³-hybridized carbons (Fsp3) is 0.200. The van der Waals surface area contributed by atoms with Gasteiger partial charge in [-0.2, -0.15) is 5.10 Å². The highest BCUT2D eigenvalue weighted by molar-refractivity contribution is 5.76. The maximum absolute atomic E-state index is 8.09. The molecule has 0 amide bonds. The molecule has 2 rings (SSSR count). The second kappa shape index (κ2) is 4.95. The standard InChI is InChI=1S/C10H10N6/c11-16-13-4-2-1-3-8-5-9-7-14-15-10(9)12-6-8/h1,3,5-7H,2,4H2,(H,12,14,15). The summed E-state index contributed by atoms with van der Waals surface area (Å²) in [7, 11) is 0. The zero-order chi connectivity index (χ0) is 11.2. The first-order valence-electron chi connectivity index (χ1n) is 4.86. The molecule has 0 aliphatic rings. The quantitative estimate of drug-likeness (QED) is 0.367. The minimum atomic E-state index is 0.481. The van der Waals surface area contributed by atoms with Crippen molar-refractivity contribution < 1.29 is 0 Å². The molecule has 2 heterocycles. The molecule has 1 N–H and O–H groups in total. The van der Waals surface area contributed by atoms with Crippen LogP contribution in [0.15, 0.2) is 29.7 Å². The maximum atomic E-state index is 8.09. The highest BCUT2D eigenvalue weighted by atomic mass is 15.1. The molecule has 0 spiro atoms. The zero-order valence-corrected chi connectivity index (χ0v) is 8.54. The summed E-state index contributed by atoms with van der Waals surface area (Å²) in [6.45, 7) is 0.481. The summed E-state index contributed by atoms with van der Waals surface area (Å²) in [6, 6.07) is 2.00. The van der Waals surface area contributed by atoms with E-state index in [4.69, 9.17) is 5.53 Å². The molecule has 0 fully saturated rings. The Hall–Kier alpha value is -2.33. The molecule has 0 saturated heterocycles. The fourth-order valence-electron chi connectivity index (χ4n) is 1.34. The van der Waals surface area contributed by atoms with E-state index in [1.165, 1.54) is 0 Å². The van der Waals surface area contributed by atoms with Crippen LogP contribution < -0.4 is 0 Å². The van der Waals surface area contributed by atoms with Gasteiger partial charge < -0.3 is 0 Å². The second-order valence-electron chi connectivity index (χ2n) is 3.22. The van der Waals surface area contributed by atoms with Crippen LogP contribution in [0.25, 0.3) is 27.6 Å². The molecule has 2 aromatic rings. The zero-order valence-electron chi connectivity index (χ0n) is 8.54. The molecule has 16 heavy (non-hydrogen) atoms. The summed E-state index contributed by atoms with van der Waals surface area (Å²) in [4.78, 5) is 6.89. The molecule has 0 atom stereocenters. The Labute approximate surface area is 91.6 Å². The van der Waals surface area contributed by atoms with Gasteiger partial charge in [0.25, 0.3) is 0 Å². The highest BCUT2D eigenvalue weighted by Crippen LogP contribution is 2.11. The van der Waals surface area contributed by atoms with Gasteiger partial charge in [-0.3, -0.25) is 5.10 Å². The van der Waals surface area contributed by atoms with Crippen molar-refractivity contribution in [3.8, 4) is 0 Å². The lowest BCUT2D eigenvalue weighted by molar-refractivity contribution is 0.995. The van der Waals surface area contributed by atoms with Gasteiger partial charge in [-0.1, -0.05) is 17.3 Å². The van der Waals surface area contributed by atoms with E-state index in [1.54, 1.807) is 12.4 Å². The van der Waals surface area contributed by atoms with Crippen LogP contribution in [0, 0.1) is 0 Å². The van der Waals surface area contributed by atoms with Crippen LogP contribution in [0.4, 0.5) is 0 Å². The van der Waals surface area contributed by atoms with E-state index in [0.717, 1.165) is 23.0 Å². The summed E-state index contributed by atoms with van der Waals surface area (Å²) < 4.78 is 0. The number of nitrogens with zero attached hydrogens (tertiary/aromatic N) is 5. The molecule has 0 unspecified atom stereocenters. The Morgan fingerprint density at radius 1 is 1.50 bits per heavy atom. The number of H-pyrrole nitrogens is 1. The van der Waals surface area contributed by atoms with Gasteiger partial charge in [0, 0.05) is 23.0 Å². The van der Waals surface area contributed by atoms with Gasteiger partial charge in [0.15, 0.2) is 5.65 Å². The fourth-order valence-corrected chi connectivity index (χ4v) is 1.34. The molecule has 2 aromatic heterocycles. The molecular formula is C10H10N6. The molecule has 0 aromatic carbocycles. The summed E-state index contributed by atoms with van der Waals surface area (Å²) in [5, 5.41) is 11.1. The molecule has 80 valence electrons. The average molecular weight is 214 g/mol. The third-order valence-electron chi connectivity index (χ3n) is 2.08. The normalized spacial score (nSPS) is 10.8.